The maximum absolute atomic E-state index is 13.4. The van der Waals surface area contributed by atoms with Gasteiger partial charge in [0, 0.05) is 62.1 Å². The molecule has 3 aliphatic rings. The fourth-order valence-corrected chi connectivity index (χ4v) is 4.81. The summed E-state index contributed by atoms with van der Waals surface area (Å²) in [4.78, 5) is 44.6. The lowest BCUT2D eigenvalue weighted by Gasteiger charge is -2.37. The van der Waals surface area contributed by atoms with E-state index in [1.54, 1.807) is 31.4 Å². The summed E-state index contributed by atoms with van der Waals surface area (Å²) in [5.41, 5.74) is 2.79. The van der Waals surface area contributed by atoms with E-state index in [9.17, 15) is 14.4 Å². The third-order valence-electron chi connectivity index (χ3n) is 7.08. The van der Waals surface area contributed by atoms with Crippen molar-refractivity contribution < 1.29 is 19.1 Å². The monoisotopic (exact) mass is 476 g/mol. The van der Waals surface area contributed by atoms with Crippen LogP contribution in [-0.4, -0.2) is 73.9 Å². The number of methoxy groups -OCH3 is 1. The van der Waals surface area contributed by atoms with Crippen molar-refractivity contribution >= 4 is 29.1 Å². The quantitative estimate of drug-likeness (QED) is 0.692. The lowest BCUT2D eigenvalue weighted by molar-refractivity contribution is -0.117. The fraction of sp³-hybridized carbons (Fsp3) is 0.444. The van der Waals surface area contributed by atoms with Crippen LogP contribution >= 0.6 is 0 Å². The molecule has 1 aliphatic carbocycles. The summed E-state index contributed by atoms with van der Waals surface area (Å²) >= 11 is 0. The number of benzene rings is 2. The molecule has 184 valence electrons. The Hall–Kier alpha value is -3.55. The second-order valence-electron chi connectivity index (χ2n) is 9.50. The lowest BCUT2D eigenvalue weighted by atomic mass is 10.1. The van der Waals surface area contributed by atoms with E-state index in [1.807, 2.05) is 28.0 Å². The van der Waals surface area contributed by atoms with Crippen molar-refractivity contribution in [2.24, 2.45) is 5.92 Å². The number of rotatable bonds is 6. The molecule has 2 aromatic carbocycles. The lowest BCUT2D eigenvalue weighted by Crippen LogP contribution is -2.49. The first-order valence-electron chi connectivity index (χ1n) is 12.5. The predicted molar refractivity (Wildman–Crippen MR) is 134 cm³/mol. The molecule has 3 amide bonds. The molecule has 0 atom stereocenters. The smallest absolute Gasteiger partial charge is 0.256 e. The van der Waals surface area contributed by atoms with Crippen molar-refractivity contribution in [3.05, 3.63) is 53.6 Å². The zero-order valence-electron chi connectivity index (χ0n) is 20.2. The second-order valence-corrected chi connectivity index (χ2v) is 9.50. The zero-order valence-corrected chi connectivity index (χ0v) is 20.2. The molecule has 8 heteroatoms. The van der Waals surface area contributed by atoms with E-state index in [0.717, 1.165) is 50.2 Å². The van der Waals surface area contributed by atoms with Crippen LogP contribution in [0.3, 0.4) is 0 Å². The minimum absolute atomic E-state index is 0.00111. The van der Waals surface area contributed by atoms with Crippen LogP contribution in [0.15, 0.2) is 42.5 Å². The minimum Gasteiger partial charge on any atom is -0.497 e. The van der Waals surface area contributed by atoms with E-state index in [1.165, 1.54) is 0 Å². The van der Waals surface area contributed by atoms with Gasteiger partial charge in [0.1, 0.15) is 5.75 Å². The number of nitrogens with zero attached hydrogens (tertiary/aromatic N) is 3. The Morgan fingerprint density at radius 1 is 0.829 bits per heavy atom. The molecule has 35 heavy (non-hydrogen) atoms. The van der Waals surface area contributed by atoms with Crippen molar-refractivity contribution in [1.29, 1.82) is 0 Å². The zero-order chi connectivity index (χ0) is 24.4. The highest BCUT2D eigenvalue weighted by Gasteiger charge is 2.31. The number of amides is 3. The maximum atomic E-state index is 13.4. The first kappa shape index (κ1) is 23.2. The molecule has 3 fully saturated rings. The number of carbonyl (C=O) groups excluding carboxylic acids is 3. The summed E-state index contributed by atoms with van der Waals surface area (Å²) in [5, 5.41) is 2.98. The SMILES string of the molecule is COc1ccc(C(=O)N2CCN(c3ccc(NC(=O)C4CC4)cc3C(=O)N3CCCC3)CC2)cc1. The molecule has 0 spiro atoms. The third kappa shape index (κ3) is 5.11. The molecule has 2 aromatic rings. The van der Waals surface area contributed by atoms with Gasteiger partial charge in [0.25, 0.3) is 11.8 Å². The average Bonchev–Trinajstić information content (AvgIpc) is 3.62. The van der Waals surface area contributed by atoms with Gasteiger partial charge in [-0.2, -0.15) is 0 Å². The van der Waals surface area contributed by atoms with Crippen LogP contribution in [-0.2, 0) is 4.79 Å². The van der Waals surface area contributed by atoms with E-state index < -0.39 is 0 Å². The number of piperazine rings is 1. The Balaban J connectivity index is 1.31. The van der Waals surface area contributed by atoms with Crippen LogP contribution in [0.5, 0.6) is 5.75 Å². The molecule has 0 aromatic heterocycles. The van der Waals surface area contributed by atoms with Gasteiger partial charge in [0.2, 0.25) is 5.91 Å². The molecule has 1 N–H and O–H groups in total. The average molecular weight is 477 g/mol. The largest absolute Gasteiger partial charge is 0.497 e. The van der Waals surface area contributed by atoms with Gasteiger partial charge in [-0.3, -0.25) is 14.4 Å². The first-order valence-corrected chi connectivity index (χ1v) is 12.5. The highest BCUT2D eigenvalue weighted by Crippen LogP contribution is 2.32. The van der Waals surface area contributed by atoms with Gasteiger partial charge in [0.05, 0.1) is 12.7 Å². The molecule has 0 radical (unpaired) electrons. The summed E-state index contributed by atoms with van der Waals surface area (Å²) in [6.07, 6.45) is 3.91. The van der Waals surface area contributed by atoms with E-state index in [2.05, 4.69) is 10.2 Å². The summed E-state index contributed by atoms with van der Waals surface area (Å²) in [6, 6.07) is 12.8. The number of hydrogen-bond donors (Lipinski definition) is 1. The van der Waals surface area contributed by atoms with E-state index >= 15 is 0 Å². The summed E-state index contributed by atoms with van der Waals surface area (Å²) in [6.45, 7) is 3.94. The minimum atomic E-state index is -0.00111. The van der Waals surface area contributed by atoms with E-state index in [4.69, 9.17) is 4.74 Å². The molecule has 5 rings (SSSR count). The fourth-order valence-electron chi connectivity index (χ4n) is 4.81. The first-order chi connectivity index (χ1) is 17.0. The summed E-state index contributed by atoms with van der Waals surface area (Å²) in [5.74, 6) is 0.862. The van der Waals surface area contributed by atoms with Gasteiger partial charge < -0.3 is 24.8 Å². The van der Waals surface area contributed by atoms with Crippen molar-refractivity contribution in [1.82, 2.24) is 9.80 Å². The van der Waals surface area contributed by atoms with E-state index in [-0.39, 0.29) is 23.6 Å². The van der Waals surface area contributed by atoms with Crippen LogP contribution < -0.4 is 15.0 Å². The third-order valence-corrected chi connectivity index (χ3v) is 7.08. The predicted octanol–water partition coefficient (Wildman–Crippen LogP) is 3.24. The number of likely N-dealkylation sites (tertiary alicyclic amines) is 1. The highest BCUT2D eigenvalue weighted by molar-refractivity contribution is 6.02. The van der Waals surface area contributed by atoms with Crippen LogP contribution in [0.4, 0.5) is 11.4 Å². The molecule has 0 unspecified atom stereocenters. The van der Waals surface area contributed by atoms with Gasteiger partial charge in [-0.05, 0) is 68.1 Å². The van der Waals surface area contributed by atoms with Crippen LogP contribution in [0, 0.1) is 5.92 Å². The number of nitrogens with one attached hydrogen (secondary N) is 1. The molecule has 2 saturated heterocycles. The van der Waals surface area contributed by atoms with Crippen LogP contribution in [0.25, 0.3) is 0 Å². The van der Waals surface area contributed by atoms with Crippen LogP contribution in [0.2, 0.25) is 0 Å². The Kier molecular flexibility index (Phi) is 6.61. The number of hydrogen-bond acceptors (Lipinski definition) is 5. The Bertz CT molecular complexity index is 1100. The van der Waals surface area contributed by atoms with Crippen molar-refractivity contribution in [2.75, 3.05) is 56.6 Å². The highest BCUT2D eigenvalue weighted by atomic mass is 16.5. The second kappa shape index (κ2) is 9.98. The van der Waals surface area contributed by atoms with Gasteiger partial charge in [-0.1, -0.05) is 0 Å². The maximum Gasteiger partial charge on any atom is 0.256 e. The van der Waals surface area contributed by atoms with Gasteiger partial charge in [0.15, 0.2) is 0 Å². The molecular formula is C27H32N4O4. The molecule has 2 aliphatic heterocycles. The molecule has 1 saturated carbocycles. The van der Waals surface area contributed by atoms with Crippen molar-refractivity contribution in [3.8, 4) is 5.75 Å². The van der Waals surface area contributed by atoms with E-state index in [0.29, 0.717) is 43.0 Å². The van der Waals surface area contributed by atoms with Crippen molar-refractivity contribution in [3.63, 3.8) is 0 Å². The number of carbonyl (C=O) groups is 3. The topological polar surface area (TPSA) is 82.2 Å². The molecule has 8 nitrogen and oxygen atoms in total. The van der Waals surface area contributed by atoms with Gasteiger partial charge in [-0.25, -0.2) is 0 Å². The molecule has 0 bridgehead atoms. The molecular weight excluding hydrogens is 444 g/mol. The normalized spacial score (nSPS) is 17.9. The van der Waals surface area contributed by atoms with Gasteiger partial charge >= 0.3 is 0 Å². The number of ether oxygens (including phenoxy) is 1. The summed E-state index contributed by atoms with van der Waals surface area (Å²) < 4.78 is 5.18. The Morgan fingerprint density at radius 2 is 1.49 bits per heavy atom. The Labute approximate surface area is 205 Å². The summed E-state index contributed by atoms with van der Waals surface area (Å²) in [7, 11) is 1.60. The Morgan fingerprint density at radius 3 is 2.11 bits per heavy atom. The molecule has 2 heterocycles. The van der Waals surface area contributed by atoms with Crippen molar-refractivity contribution in [2.45, 2.75) is 25.7 Å². The van der Waals surface area contributed by atoms with Crippen LogP contribution in [0.1, 0.15) is 46.4 Å². The number of anilines is 2. The standard InChI is InChI=1S/C27H32N4O4/c1-35-22-9-6-20(7-10-22)26(33)31-16-14-29(15-17-31)24-11-8-21(28-25(32)19-4-5-19)18-23(24)27(34)30-12-2-3-13-30/h6-11,18-19H,2-5,12-17H2,1H3,(H,28,32). The van der Waals surface area contributed by atoms with Gasteiger partial charge in [-0.15, -0.1) is 0 Å².